The highest BCUT2D eigenvalue weighted by atomic mass is 16.5. The number of hydrogen-bond acceptors (Lipinski definition) is 3. The van der Waals surface area contributed by atoms with Gasteiger partial charge in [-0.05, 0) is 24.6 Å². The summed E-state index contributed by atoms with van der Waals surface area (Å²) in [4.78, 5) is 10.8. The molecule has 0 unspecified atom stereocenters. The molecule has 0 saturated carbocycles. The van der Waals surface area contributed by atoms with Crippen molar-refractivity contribution in [1.82, 2.24) is 0 Å². The van der Waals surface area contributed by atoms with Crippen molar-refractivity contribution < 1.29 is 19.4 Å². The number of methoxy groups -OCH3 is 1. The molecular formula is C12H16O4. The minimum Gasteiger partial charge on any atom is -0.496 e. The van der Waals surface area contributed by atoms with Crippen molar-refractivity contribution >= 4 is 5.97 Å². The molecule has 0 saturated heterocycles. The highest BCUT2D eigenvalue weighted by Crippen LogP contribution is 2.20. The van der Waals surface area contributed by atoms with E-state index in [4.69, 9.17) is 14.6 Å². The van der Waals surface area contributed by atoms with E-state index in [2.05, 4.69) is 0 Å². The summed E-state index contributed by atoms with van der Waals surface area (Å²) < 4.78 is 10.5. The Morgan fingerprint density at radius 3 is 2.75 bits per heavy atom. The Kier molecular flexibility index (Phi) is 4.79. The molecule has 88 valence electrons. The van der Waals surface area contributed by atoms with Gasteiger partial charge in [0.15, 0.2) is 0 Å². The Morgan fingerprint density at radius 1 is 1.44 bits per heavy atom. The van der Waals surface area contributed by atoms with Gasteiger partial charge in [-0.25, -0.2) is 4.79 Å². The summed E-state index contributed by atoms with van der Waals surface area (Å²) in [6, 6.07) is 4.75. The molecule has 1 aromatic carbocycles. The van der Waals surface area contributed by atoms with Crippen molar-refractivity contribution in [2.24, 2.45) is 0 Å². The van der Waals surface area contributed by atoms with Crippen molar-refractivity contribution in [3.63, 3.8) is 0 Å². The Bertz CT molecular complexity index is 360. The third kappa shape index (κ3) is 3.24. The third-order valence-corrected chi connectivity index (χ3v) is 2.13. The molecule has 1 rings (SSSR count). The van der Waals surface area contributed by atoms with Crippen molar-refractivity contribution in [3.05, 3.63) is 29.3 Å². The van der Waals surface area contributed by atoms with Crippen LogP contribution in [0.15, 0.2) is 18.2 Å². The van der Waals surface area contributed by atoms with E-state index >= 15 is 0 Å². The fourth-order valence-electron chi connectivity index (χ4n) is 1.35. The average Bonchev–Trinajstić information content (AvgIpc) is 2.29. The second-order valence-corrected chi connectivity index (χ2v) is 3.38. The van der Waals surface area contributed by atoms with Gasteiger partial charge in [-0.3, -0.25) is 0 Å². The molecule has 0 amide bonds. The van der Waals surface area contributed by atoms with E-state index in [0.717, 1.165) is 12.0 Å². The Morgan fingerprint density at radius 2 is 2.19 bits per heavy atom. The van der Waals surface area contributed by atoms with Gasteiger partial charge in [0.1, 0.15) is 5.75 Å². The van der Waals surface area contributed by atoms with E-state index < -0.39 is 5.97 Å². The maximum Gasteiger partial charge on any atom is 0.335 e. The van der Waals surface area contributed by atoms with Gasteiger partial charge >= 0.3 is 5.97 Å². The number of hydrogen-bond donors (Lipinski definition) is 1. The van der Waals surface area contributed by atoms with Gasteiger partial charge < -0.3 is 14.6 Å². The van der Waals surface area contributed by atoms with Crippen LogP contribution in [-0.2, 0) is 11.3 Å². The molecule has 0 aliphatic rings. The Labute approximate surface area is 94.8 Å². The van der Waals surface area contributed by atoms with Crippen LogP contribution in [0.1, 0.15) is 29.3 Å². The standard InChI is InChI=1S/C12H16O4/c1-3-6-16-8-10-7-9(12(13)14)4-5-11(10)15-2/h4-5,7H,3,6,8H2,1-2H3,(H,13,14). The first-order valence-electron chi connectivity index (χ1n) is 5.17. The minimum absolute atomic E-state index is 0.246. The highest BCUT2D eigenvalue weighted by molar-refractivity contribution is 5.88. The van der Waals surface area contributed by atoms with E-state index in [9.17, 15) is 4.79 Å². The van der Waals surface area contributed by atoms with Gasteiger partial charge in [-0.2, -0.15) is 0 Å². The van der Waals surface area contributed by atoms with Crippen LogP contribution in [0.3, 0.4) is 0 Å². The summed E-state index contributed by atoms with van der Waals surface area (Å²) in [6.45, 7) is 3.05. The van der Waals surface area contributed by atoms with Gasteiger partial charge in [0, 0.05) is 12.2 Å². The predicted octanol–water partition coefficient (Wildman–Crippen LogP) is 2.32. The SMILES string of the molecule is CCCOCc1cc(C(=O)O)ccc1OC. The molecule has 0 radical (unpaired) electrons. The quantitative estimate of drug-likeness (QED) is 0.753. The summed E-state index contributed by atoms with van der Waals surface area (Å²) in [5.74, 6) is -0.291. The van der Waals surface area contributed by atoms with Crippen LogP contribution in [0.25, 0.3) is 0 Å². The zero-order valence-electron chi connectivity index (χ0n) is 9.53. The monoisotopic (exact) mass is 224 g/mol. The van der Waals surface area contributed by atoms with Crippen molar-refractivity contribution in [1.29, 1.82) is 0 Å². The Hall–Kier alpha value is -1.55. The van der Waals surface area contributed by atoms with Crippen LogP contribution < -0.4 is 4.74 Å². The molecule has 1 N–H and O–H groups in total. The summed E-state index contributed by atoms with van der Waals surface area (Å²) in [5, 5.41) is 8.86. The second-order valence-electron chi connectivity index (χ2n) is 3.38. The first kappa shape index (κ1) is 12.5. The zero-order valence-corrected chi connectivity index (χ0v) is 9.53. The largest absolute Gasteiger partial charge is 0.496 e. The van der Waals surface area contributed by atoms with Crippen LogP contribution in [0, 0.1) is 0 Å². The summed E-state index contributed by atoms with van der Waals surface area (Å²) in [6.07, 6.45) is 0.931. The molecule has 1 aromatic rings. The van der Waals surface area contributed by atoms with Gasteiger partial charge in [-0.15, -0.1) is 0 Å². The average molecular weight is 224 g/mol. The molecular weight excluding hydrogens is 208 g/mol. The number of rotatable bonds is 6. The molecule has 0 aromatic heterocycles. The van der Waals surface area contributed by atoms with E-state index in [-0.39, 0.29) is 5.56 Å². The first-order valence-corrected chi connectivity index (χ1v) is 5.17. The first-order chi connectivity index (χ1) is 7.69. The lowest BCUT2D eigenvalue weighted by molar-refractivity contribution is 0.0696. The summed E-state index contributed by atoms with van der Waals surface area (Å²) >= 11 is 0. The molecule has 0 atom stereocenters. The summed E-state index contributed by atoms with van der Waals surface area (Å²) in [7, 11) is 1.55. The lowest BCUT2D eigenvalue weighted by Gasteiger charge is -2.09. The lowest BCUT2D eigenvalue weighted by Crippen LogP contribution is -2.02. The lowest BCUT2D eigenvalue weighted by atomic mass is 10.1. The van der Waals surface area contributed by atoms with E-state index in [0.29, 0.717) is 19.0 Å². The molecule has 0 spiro atoms. The number of ether oxygens (including phenoxy) is 2. The number of carbonyl (C=O) groups is 1. The van der Waals surface area contributed by atoms with Crippen LogP contribution in [0.2, 0.25) is 0 Å². The molecule has 16 heavy (non-hydrogen) atoms. The molecule has 0 heterocycles. The molecule has 4 nitrogen and oxygen atoms in total. The van der Waals surface area contributed by atoms with Gasteiger partial charge in [0.2, 0.25) is 0 Å². The smallest absolute Gasteiger partial charge is 0.335 e. The van der Waals surface area contributed by atoms with Crippen molar-refractivity contribution in [3.8, 4) is 5.75 Å². The summed E-state index contributed by atoms with van der Waals surface area (Å²) in [5.41, 5.74) is 1.01. The van der Waals surface area contributed by atoms with E-state index in [1.807, 2.05) is 6.92 Å². The molecule has 4 heteroatoms. The van der Waals surface area contributed by atoms with Gasteiger partial charge in [0.25, 0.3) is 0 Å². The Balaban J connectivity index is 2.84. The van der Waals surface area contributed by atoms with Crippen LogP contribution in [-0.4, -0.2) is 24.8 Å². The second kappa shape index (κ2) is 6.12. The van der Waals surface area contributed by atoms with E-state index in [1.54, 1.807) is 19.2 Å². The highest BCUT2D eigenvalue weighted by Gasteiger charge is 2.08. The fourth-order valence-corrected chi connectivity index (χ4v) is 1.35. The van der Waals surface area contributed by atoms with Crippen molar-refractivity contribution in [2.45, 2.75) is 20.0 Å². The van der Waals surface area contributed by atoms with Crippen LogP contribution in [0.4, 0.5) is 0 Å². The van der Waals surface area contributed by atoms with Crippen molar-refractivity contribution in [2.75, 3.05) is 13.7 Å². The molecule has 0 bridgehead atoms. The van der Waals surface area contributed by atoms with Crippen LogP contribution >= 0.6 is 0 Å². The topological polar surface area (TPSA) is 55.8 Å². The third-order valence-electron chi connectivity index (χ3n) is 2.13. The zero-order chi connectivity index (χ0) is 12.0. The minimum atomic E-state index is -0.945. The normalized spacial score (nSPS) is 10.1. The fraction of sp³-hybridized carbons (Fsp3) is 0.417. The maximum atomic E-state index is 10.8. The van der Waals surface area contributed by atoms with Crippen LogP contribution in [0.5, 0.6) is 5.75 Å². The molecule has 0 aliphatic heterocycles. The van der Waals surface area contributed by atoms with E-state index in [1.165, 1.54) is 6.07 Å². The van der Waals surface area contributed by atoms with Gasteiger partial charge in [-0.1, -0.05) is 6.92 Å². The van der Waals surface area contributed by atoms with Gasteiger partial charge in [0.05, 0.1) is 19.3 Å². The number of aromatic carboxylic acids is 1. The predicted molar refractivity (Wildman–Crippen MR) is 59.9 cm³/mol. The molecule has 0 fully saturated rings. The number of carboxylic acid groups (broad SMARTS) is 1. The maximum absolute atomic E-state index is 10.8. The molecule has 0 aliphatic carbocycles. The number of carboxylic acids is 1. The number of benzene rings is 1.